The lowest BCUT2D eigenvalue weighted by molar-refractivity contribution is 0.102. The molecule has 1 aromatic heterocycles. The number of amides is 1. The van der Waals surface area contributed by atoms with E-state index in [1.165, 1.54) is 5.56 Å². The molecule has 3 rings (SSSR count). The van der Waals surface area contributed by atoms with Gasteiger partial charge in [0.2, 0.25) is 0 Å². The molecule has 1 amide bonds. The van der Waals surface area contributed by atoms with Gasteiger partial charge in [-0.15, -0.1) is 0 Å². The molecule has 0 aliphatic carbocycles. The van der Waals surface area contributed by atoms with E-state index in [1.54, 1.807) is 36.2 Å². The SMILES string of the molecule is COc1cccc(NC(=O)c2ccn(COc3ccc(C(C)(C)C)cc3)n2)c1. The smallest absolute Gasteiger partial charge is 0.276 e. The number of ether oxygens (including phenoxy) is 2. The van der Waals surface area contributed by atoms with Crippen LogP contribution in [0.5, 0.6) is 11.5 Å². The lowest BCUT2D eigenvalue weighted by Gasteiger charge is -2.19. The van der Waals surface area contributed by atoms with Crippen LogP contribution in [0.1, 0.15) is 36.8 Å². The summed E-state index contributed by atoms with van der Waals surface area (Å²) in [7, 11) is 1.58. The second-order valence-electron chi connectivity index (χ2n) is 7.47. The number of anilines is 1. The standard InChI is InChI=1S/C22H25N3O3/c1-22(2,3)16-8-10-18(11-9-16)28-15-25-13-12-20(24-25)21(26)23-17-6-5-7-19(14-17)27-4/h5-14H,15H2,1-4H3,(H,23,26). The van der Waals surface area contributed by atoms with Gasteiger partial charge in [0.15, 0.2) is 12.4 Å². The first kappa shape index (κ1) is 19.5. The Morgan fingerprint density at radius 2 is 1.82 bits per heavy atom. The van der Waals surface area contributed by atoms with E-state index >= 15 is 0 Å². The van der Waals surface area contributed by atoms with Crippen molar-refractivity contribution in [3.05, 3.63) is 72.1 Å². The molecule has 0 saturated carbocycles. The number of hydrogen-bond acceptors (Lipinski definition) is 4. The molecule has 0 aliphatic heterocycles. The third-order valence-corrected chi connectivity index (χ3v) is 4.28. The van der Waals surface area contributed by atoms with E-state index in [4.69, 9.17) is 9.47 Å². The Morgan fingerprint density at radius 1 is 1.07 bits per heavy atom. The third kappa shape index (κ3) is 4.91. The number of nitrogens with one attached hydrogen (secondary N) is 1. The van der Waals surface area contributed by atoms with Crippen LogP contribution in [0.3, 0.4) is 0 Å². The second-order valence-corrected chi connectivity index (χ2v) is 7.47. The summed E-state index contributed by atoms with van der Waals surface area (Å²) in [5.74, 6) is 1.14. The summed E-state index contributed by atoms with van der Waals surface area (Å²) in [6, 6.07) is 16.8. The molecular formula is C22H25N3O3. The van der Waals surface area contributed by atoms with Gasteiger partial charge in [-0.3, -0.25) is 4.79 Å². The van der Waals surface area contributed by atoms with Crippen LogP contribution in [-0.4, -0.2) is 22.8 Å². The number of aromatic nitrogens is 2. The summed E-state index contributed by atoms with van der Waals surface area (Å²) in [6.45, 7) is 6.74. The van der Waals surface area contributed by atoms with Crippen molar-refractivity contribution in [3.63, 3.8) is 0 Å². The Kier molecular flexibility index (Phi) is 5.68. The maximum absolute atomic E-state index is 12.4. The molecule has 0 unspecified atom stereocenters. The van der Waals surface area contributed by atoms with Crippen LogP contribution in [0.25, 0.3) is 0 Å². The zero-order chi connectivity index (χ0) is 20.1. The summed E-state index contributed by atoms with van der Waals surface area (Å²) in [5, 5.41) is 7.07. The molecule has 1 heterocycles. The molecule has 0 saturated heterocycles. The number of nitrogens with zero attached hydrogens (tertiary/aromatic N) is 2. The Balaban J connectivity index is 1.58. The zero-order valence-electron chi connectivity index (χ0n) is 16.6. The van der Waals surface area contributed by atoms with Crippen LogP contribution in [0.4, 0.5) is 5.69 Å². The molecule has 1 N–H and O–H groups in total. The fourth-order valence-electron chi connectivity index (χ4n) is 2.64. The number of hydrogen-bond donors (Lipinski definition) is 1. The zero-order valence-corrected chi connectivity index (χ0v) is 16.6. The van der Waals surface area contributed by atoms with Crippen LogP contribution < -0.4 is 14.8 Å². The molecular weight excluding hydrogens is 354 g/mol. The molecule has 6 nitrogen and oxygen atoms in total. The molecule has 0 aliphatic rings. The summed E-state index contributed by atoms with van der Waals surface area (Å²) < 4.78 is 12.5. The lowest BCUT2D eigenvalue weighted by Crippen LogP contribution is -2.14. The topological polar surface area (TPSA) is 65.4 Å². The van der Waals surface area contributed by atoms with Gasteiger partial charge < -0.3 is 14.8 Å². The van der Waals surface area contributed by atoms with E-state index < -0.39 is 0 Å². The first-order chi connectivity index (χ1) is 13.3. The minimum absolute atomic E-state index is 0.103. The summed E-state index contributed by atoms with van der Waals surface area (Å²) >= 11 is 0. The van der Waals surface area contributed by atoms with Crippen LogP contribution in [0.15, 0.2) is 60.8 Å². The first-order valence-corrected chi connectivity index (χ1v) is 9.07. The van der Waals surface area contributed by atoms with Gasteiger partial charge in [0.25, 0.3) is 5.91 Å². The Hall–Kier alpha value is -3.28. The Bertz CT molecular complexity index is 940. The molecule has 0 bridgehead atoms. The predicted octanol–water partition coefficient (Wildman–Crippen LogP) is 4.48. The van der Waals surface area contributed by atoms with Gasteiger partial charge in [-0.05, 0) is 41.3 Å². The average molecular weight is 379 g/mol. The highest BCUT2D eigenvalue weighted by atomic mass is 16.5. The fourth-order valence-corrected chi connectivity index (χ4v) is 2.64. The van der Waals surface area contributed by atoms with Gasteiger partial charge in [-0.1, -0.05) is 39.0 Å². The quantitative estimate of drug-likeness (QED) is 0.686. The molecule has 28 heavy (non-hydrogen) atoms. The molecule has 2 aromatic carbocycles. The van der Waals surface area contributed by atoms with Crippen LogP contribution in [-0.2, 0) is 12.1 Å². The van der Waals surface area contributed by atoms with Crippen molar-refractivity contribution in [3.8, 4) is 11.5 Å². The maximum Gasteiger partial charge on any atom is 0.276 e. The van der Waals surface area contributed by atoms with Crippen molar-refractivity contribution in [1.82, 2.24) is 9.78 Å². The number of carbonyl (C=O) groups excluding carboxylic acids is 1. The molecule has 0 radical (unpaired) electrons. The Morgan fingerprint density at radius 3 is 2.50 bits per heavy atom. The van der Waals surface area contributed by atoms with Crippen molar-refractivity contribution < 1.29 is 14.3 Å². The van der Waals surface area contributed by atoms with E-state index in [0.717, 1.165) is 5.75 Å². The summed E-state index contributed by atoms with van der Waals surface area (Å²) in [4.78, 5) is 12.4. The van der Waals surface area contributed by atoms with Gasteiger partial charge in [-0.2, -0.15) is 5.10 Å². The minimum Gasteiger partial charge on any atom is -0.497 e. The number of methoxy groups -OCH3 is 1. The van der Waals surface area contributed by atoms with Crippen LogP contribution in [0, 0.1) is 0 Å². The minimum atomic E-state index is -0.290. The number of carbonyl (C=O) groups is 1. The van der Waals surface area contributed by atoms with Gasteiger partial charge in [0.05, 0.1) is 7.11 Å². The Labute approximate surface area is 165 Å². The van der Waals surface area contributed by atoms with Gasteiger partial charge >= 0.3 is 0 Å². The highest BCUT2D eigenvalue weighted by Gasteiger charge is 2.13. The van der Waals surface area contributed by atoms with E-state index in [-0.39, 0.29) is 18.1 Å². The third-order valence-electron chi connectivity index (χ3n) is 4.28. The second kappa shape index (κ2) is 8.17. The van der Waals surface area contributed by atoms with Crippen molar-refractivity contribution in [2.75, 3.05) is 12.4 Å². The van der Waals surface area contributed by atoms with Gasteiger partial charge in [0, 0.05) is 18.0 Å². The van der Waals surface area contributed by atoms with E-state index in [9.17, 15) is 4.79 Å². The summed E-state index contributed by atoms with van der Waals surface area (Å²) in [5.41, 5.74) is 2.31. The van der Waals surface area contributed by atoms with Gasteiger partial charge in [0.1, 0.15) is 11.5 Å². The van der Waals surface area contributed by atoms with E-state index in [1.807, 2.05) is 24.3 Å². The van der Waals surface area contributed by atoms with Crippen molar-refractivity contribution in [1.29, 1.82) is 0 Å². The van der Waals surface area contributed by atoms with Crippen molar-refractivity contribution in [2.45, 2.75) is 32.9 Å². The molecule has 0 atom stereocenters. The number of benzene rings is 2. The monoisotopic (exact) mass is 379 g/mol. The molecule has 3 aromatic rings. The van der Waals surface area contributed by atoms with Crippen LogP contribution in [0.2, 0.25) is 0 Å². The molecule has 146 valence electrons. The summed E-state index contributed by atoms with van der Waals surface area (Å²) in [6.07, 6.45) is 1.71. The normalized spacial score (nSPS) is 11.1. The molecule has 0 spiro atoms. The molecule has 0 fully saturated rings. The fraction of sp³-hybridized carbons (Fsp3) is 0.273. The lowest BCUT2D eigenvalue weighted by atomic mass is 9.87. The predicted molar refractivity (Wildman–Crippen MR) is 109 cm³/mol. The molecule has 6 heteroatoms. The largest absolute Gasteiger partial charge is 0.497 e. The average Bonchev–Trinajstić information content (AvgIpc) is 3.15. The van der Waals surface area contributed by atoms with E-state index in [2.05, 4.69) is 43.3 Å². The van der Waals surface area contributed by atoms with Crippen LogP contribution >= 0.6 is 0 Å². The number of rotatable bonds is 6. The maximum atomic E-state index is 12.4. The highest BCUT2D eigenvalue weighted by Crippen LogP contribution is 2.24. The van der Waals surface area contributed by atoms with E-state index in [0.29, 0.717) is 17.1 Å². The first-order valence-electron chi connectivity index (χ1n) is 9.07. The highest BCUT2D eigenvalue weighted by molar-refractivity contribution is 6.02. The van der Waals surface area contributed by atoms with Gasteiger partial charge in [-0.25, -0.2) is 4.68 Å². The van der Waals surface area contributed by atoms with Crippen molar-refractivity contribution >= 4 is 11.6 Å². The van der Waals surface area contributed by atoms with Crippen molar-refractivity contribution in [2.24, 2.45) is 0 Å².